The zero-order valence-electron chi connectivity index (χ0n) is 12.5. The van der Waals surface area contributed by atoms with Crippen molar-refractivity contribution in [3.05, 3.63) is 51.2 Å². The Balaban J connectivity index is 1.88. The van der Waals surface area contributed by atoms with Crippen molar-refractivity contribution in [2.75, 3.05) is 5.32 Å². The van der Waals surface area contributed by atoms with Crippen LogP contribution >= 0.6 is 11.3 Å². The van der Waals surface area contributed by atoms with E-state index in [-0.39, 0.29) is 24.5 Å². The standard InChI is InChI=1S/C17H19NO2S/c1-11-4-6-14(7-5-11)18-17(20)9-8-16(19)15-10-12(2)21-13(15)3/h4-7,10H,8-9H2,1-3H3,(H,18,20). The molecule has 4 heteroatoms. The molecule has 0 aliphatic carbocycles. The summed E-state index contributed by atoms with van der Waals surface area (Å²) in [6.07, 6.45) is 0.454. The summed E-state index contributed by atoms with van der Waals surface area (Å²) in [6.45, 7) is 5.92. The first kappa shape index (κ1) is 15.4. The summed E-state index contributed by atoms with van der Waals surface area (Å²) in [6, 6.07) is 9.51. The minimum atomic E-state index is -0.128. The van der Waals surface area contributed by atoms with E-state index in [0.29, 0.717) is 0 Å². The predicted molar refractivity (Wildman–Crippen MR) is 87.2 cm³/mol. The number of nitrogens with one attached hydrogen (secondary N) is 1. The normalized spacial score (nSPS) is 10.4. The number of Topliss-reactive ketones (excluding diaryl/α,β-unsaturated/α-hetero) is 1. The second-order valence-electron chi connectivity index (χ2n) is 5.16. The highest BCUT2D eigenvalue weighted by Gasteiger charge is 2.13. The van der Waals surface area contributed by atoms with Crippen LogP contribution in [-0.2, 0) is 4.79 Å². The van der Waals surface area contributed by atoms with E-state index < -0.39 is 0 Å². The second kappa shape index (κ2) is 6.68. The van der Waals surface area contributed by atoms with E-state index in [1.54, 1.807) is 11.3 Å². The number of benzene rings is 1. The Morgan fingerprint density at radius 3 is 2.29 bits per heavy atom. The summed E-state index contributed by atoms with van der Waals surface area (Å²) in [5.41, 5.74) is 2.66. The highest BCUT2D eigenvalue weighted by atomic mass is 32.1. The van der Waals surface area contributed by atoms with Crippen LogP contribution in [-0.4, -0.2) is 11.7 Å². The number of thiophene rings is 1. The lowest BCUT2D eigenvalue weighted by molar-refractivity contribution is -0.116. The Morgan fingerprint density at radius 2 is 1.71 bits per heavy atom. The maximum atomic E-state index is 12.1. The van der Waals surface area contributed by atoms with E-state index in [4.69, 9.17) is 0 Å². The van der Waals surface area contributed by atoms with Gasteiger partial charge in [-0.05, 0) is 39.0 Å². The smallest absolute Gasteiger partial charge is 0.224 e. The van der Waals surface area contributed by atoms with E-state index in [2.05, 4.69) is 5.32 Å². The van der Waals surface area contributed by atoms with Gasteiger partial charge in [0.1, 0.15) is 0 Å². The van der Waals surface area contributed by atoms with Gasteiger partial charge in [-0.1, -0.05) is 17.7 Å². The Kier molecular flexibility index (Phi) is 4.91. The maximum Gasteiger partial charge on any atom is 0.224 e. The van der Waals surface area contributed by atoms with E-state index in [9.17, 15) is 9.59 Å². The Morgan fingerprint density at radius 1 is 1.05 bits per heavy atom. The summed E-state index contributed by atoms with van der Waals surface area (Å²) < 4.78 is 0. The quantitative estimate of drug-likeness (QED) is 0.838. The second-order valence-corrected chi connectivity index (χ2v) is 6.62. The first-order valence-corrected chi connectivity index (χ1v) is 7.74. The molecule has 0 saturated heterocycles. The van der Waals surface area contributed by atoms with Crippen molar-refractivity contribution in [2.45, 2.75) is 33.6 Å². The summed E-state index contributed by atoms with van der Waals surface area (Å²) >= 11 is 1.61. The van der Waals surface area contributed by atoms with Gasteiger partial charge in [0.25, 0.3) is 0 Å². The van der Waals surface area contributed by atoms with Gasteiger partial charge in [-0.3, -0.25) is 9.59 Å². The zero-order valence-corrected chi connectivity index (χ0v) is 13.3. The van der Waals surface area contributed by atoms with Crippen molar-refractivity contribution >= 4 is 28.7 Å². The molecule has 1 heterocycles. The van der Waals surface area contributed by atoms with Gasteiger partial charge in [-0.15, -0.1) is 11.3 Å². The largest absolute Gasteiger partial charge is 0.326 e. The van der Waals surface area contributed by atoms with Crippen molar-refractivity contribution in [1.82, 2.24) is 0 Å². The van der Waals surface area contributed by atoms with Crippen LogP contribution < -0.4 is 5.32 Å². The summed E-state index contributed by atoms with van der Waals surface area (Å²) in [5, 5.41) is 2.81. The lowest BCUT2D eigenvalue weighted by Gasteiger charge is -2.05. The Bertz CT molecular complexity index is 656. The van der Waals surface area contributed by atoms with Gasteiger partial charge in [0, 0.05) is 33.8 Å². The molecule has 0 spiro atoms. The Hall–Kier alpha value is -1.94. The summed E-state index contributed by atoms with van der Waals surface area (Å²) in [4.78, 5) is 26.1. The van der Waals surface area contributed by atoms with Gasteiger partial charge in [0.15, 0.2) is 5.78 Å². The molecule has 1 aromatic carbocycles. The molecule has 3 nitrogen and oxygen atoms in total. The minimum Gasteiger partial charge on any atom is -0.326 e. The van der Waals surface area contributed by atoms with Crippen molar-refractivity contribution in [3.8, 4) is 0 Å². The van der Waals surface area contributed by atoms with E-state index in [0.717, 1.165) is 26.6 Å². The van der Waals surface area contributed by atoms with Crippen LogP contribution in [0.3, 0.4) is 0 Å². The molecule has 0 aliphatic heterocycles. The molecule has 0 saturated carbocycles. The molecule has 2 aromatic rings. The molecule has 21 heavy (non-hydrogen) atoms. The van der Waals surface area contributed by atoms with Crippen LogP contribution in [0.2, 0.25) is 0 Å². The van der Waals surface area contributed by atoms with Crippen molar-refractivity contribution in [1.29, 1.82) is 0 Å². The number of ketones is 1. The van der Waals surface area contributed by atoms with Crippen LogP contribution in [0, 0.1) is 20.8 Å². The van der Waals surface area contributed by atoms with Gasteiger partial charge < -0.3 is 5.32 Å². The monoisotopic (exact) mass is 301 g/mol. The third kappa shape index (κ3) is 4.26. The fraction of sp³-hybridized carbons (Fsp3) is 0.294. The average Bonchev–Trinajstić information content (AvgIpc) is 2.78. The molecule has 0 bridgehead atoms. The fourth-order valence-corrected chi connectivity index (χ4v) is 3.07. The lowest BCUT2D eigenvalue weighted by atomic mass is 10.1. The molecule has 1 aromatic heterocycles. The number of amides is 1. The van der Waals surface area contributed by atoms with Gasteiger partial charge >= 0.3 is 0 Å². The molecule has 110 valence electrons. The molecule has 2 rings (SSSR count). The van der Waals surface area contributed by atoms with Gasteiger partial charge in [0.2, 0.25) is 5.91 Å². The van der Waals surface area contributed by atoms with Crippen LogP contribution in [0.15, 0.2) is 30.3 Å². The van der Waals surface area contributed by atoms with Crippen LogP contribution in [0.4, 0.5) is 5.69 Å². The first-order valence-electron chi connectivity index (χ1n) is 6.92. The maximum absolute atomic E-state index is 12.1. The number of carbonyl (C=O) groups is 2. The van der Waals surface area contributed by atoms with Crippen LogP contribution in [0.5, 0.6) is 0 Å². The highest BCUT2D eigenvalue weighted by Crippen LogP contribution is 2.22. The molecular weight excluding hydrogens is 282 g/mol. The molecule has 1 amide bonds. The van der Waals surface area contributed by atoms with Crippen molar-refractivity contribution in [2.24, 2.45) is 0 Å². The number of rotatable bonds is 5. The van der Waals surface area contributed by atoms with E-state index in [1.165, 1.54) is 0 Å². The lowest BCUT2D eigenvalue weighted by Crippen LogP contribution is -2.13. The minimum absolute atomic E-state index is 0.0379. The van der Waals surface area contributed by atoms with Gasteiger partial charge in [-0.25, -0.2) is 0 Å². The first-order chi connectivity index (χ1) is 9.95. The van der Waals surface area contributed by atoms with Gasteiger partial charge in [-0.2, -0.15) is 0 Å². The number of hydrogen-bond donors (Lipinski definition) is 1. The molecular formula is C17H19NO2S. The summed E-state index contributed by atoms with van der Waals surface area (Å²) in [7, 11) is 0. The van der Waals surface area contributed by atoms with E-state index in [1.807, 2.05) is 51.1 Å². The molecule has 0 fully saturated rings. The number of carbonyl (C=O) groups excluding carboxylic acids is 2. The third-order valence-electron chi connectivity index (χ3n) is 3.26. The average molecular weight is 301 g/mol. The number of hydrogen-bond acceptors (Lipinski definition) is 3. The topological polar surface area (TPSA) is 46.2 Å². The van der Waals surface area contributed by atoms with E-state index >= 15 is 0 Å². The Labute approximate surface area is 129 Å². The van der Waals surface area contributed by atoms with Crippen LogP contribution in [0.1, 0.15) is 38.5 Å². The molecule has 0 radical (unpaired) electrons. The number of aryl methyl sites for hydroxylation is 3. The zero-order chi connectivity index (χ0) is 15.4. The van der Waals surface area contributed by atoms with Crippen molar-refractivity contribution in [3.63, 3.8) is 0 Å². The van der Waals surface area contributed by atoms with Gasteiger partial charge in [0.05, 0.1) is 0 Å². The number of anilines is 1. The molecule has 0 atom stereocenters. The SMILES string of the molecule is Cc1ccc(NC(=O)CCC(=O)c2cc(C)sc2C)cc1. The molecule has 0 aliphatic rings. The van der Waals surface area contributed by atoms with Crippen LogP contribution in [0.25, 0.3) is 0 Å². The molecule has 0 unspecified atom stereocenters. The predicted octanol–water partition coefficient (Wildman–Crippen LogP) is 4.27. The fourth-order valence-electron chi connectivity index (χ4n) is 2.13. The summed E-state index contributed by atoms with van der Waals surface area (Å²) in [5.74, 6) is -0.0901. The van der Waals surface area contributed by atoms with Crippen molar-refractivity contribution < 1.29 is 9.59 Å². The highest BCUT2D eigenvalue weighted by molar-refractivity contribution is 7.12. The molecule has 1 N–H and O–H groups in total. The third-order valence-corrected chi connectivity index (χ3v) is 4.22.